The minimum Gasteiger partial charge on any atom is -0.324 e. The summed E-state index contributed by atoms with van der Waals surface area (Å²) in [6, 6.07) is 9.83. The fraction of sp³-hybridized carbons (Fsp3) is 0.350. The smallest absolute Gasteiger partial charge is 0.248 e. The first-order valence-corrected chi connectivity index (χ1v) is 10.9. The number of benzene rings is 2. The van der Waals surface area contributed by atoms with Crippen molar-refractivity contribution in [2.75, 3.05) is 15.9 Å². The minimum absolute atomic E-state index is 0.315. The highest BCUT2D eigenvalue weighted by Gasteiger charge is 2.32. The van der Waals surface area contributed by atoms with Gasteiger partial charge in [-0.2, -0.15) is 0 Å². The molecule has 0 unspecified atom stereocenters. The van der Waals surface area contributed by atoms with E-state index in [2.05, 4.69) is 5.32 Å². The number of nitrogens with one attached hydrogen (secondary N) is 1. The van der Waals surface area contributed by atoms with E-state index < -0.39 is 16.1 Å². The van der Waals surface area contributed by atoms with E-state index in [1.165, 1.54) is 0 Å². The molecule has 0 radical (unpaired) electrons. The molecule has 0 heterocycles. The standard InChI is InChI=1S/C20H25ClN2O3S/c1-6-19(20(24)22-18-11-13(2)7-8-15(18)4)23(27(5,25)26)16-10-9-14(3)17(21)12-16/h7-12,19H,6H2,1-5H3,(H,22,24)/t19-/m1/s1. The van der Waals surface area contributed by atoms with Gasteiger partial charge in [-0.1, -0.05) is 36.7 Å². The summed E-state index contributed by atoms with van der Waals surface area (Å²) in [5, 5.41) is 3.32. The minimum atomic E-state index is -3.70. The SMILES string of the molecule is CC[C@H](C(=O)Nc1cc(C)ccc1C)N(c1ccc(C)c(Cl)c1)S(C)(=O)=O. The van der Waals surface area contributed by atoms with E-state index in [-0.39, 0.29) is 5.91 Å². The van der Waals surface area contributed by atoms with E-state index in [9.17, 15) is 13.2 Å². The van der Waals surface area contributed by atoms with Crippen LogP contribution in [0.1, 0.15) is 30.0 Å². The van der Waals surface area contributed by atoms with Crippen LogP contribution in [0.15, 0.2) is 36.4 Å². The van der Waals surface area contributed by atoms with Crippen molar-refractivity contribution in [3.8, 4) is 0 Å². The fourth-order valence-electron chi connectivity index (χ4n) is 2.87. The summed E-state index contributed by atoms with van der Waals surface area (Å²) >= 11 is 6.18. The van der Waals surface area contributed by atoms with E-state index >= 15 is 0 Å². The monoisotopic (exact) mass is 408 g/mol. The molecule has 5 nitrogen and oxygen atoms in total. The number of amides is 1. The molecule has 0 saturated carbocycles. The van der Waals surface area contributed by atoms with E-state index in [4.69, 9.17) is 11.6 Å². The van der Waals surface area contributed by atoms with E-state index in [0.717, 1.165) is 27.3 Å². The molecular weight excluding hydrogens is 384 g/mol. The molecule has 0 saturated heterocycles. The van der Waals surface area contributed by atoms with Gasteiger partial charge < -0.3 is 5.32 Å². The van der Waals surface area contributed by atoms with Crippen molar-refractivity contribution in [2.45, 2.75) is 40.2 Å². The van der Waals surface area contributed by atoms with Crippen molar-refractivity contribution < 1.29 is 13.2 Å². The van der Waals surface area contributed by atoms with Gasteiger partial charge in [0.15, 0.2) is 0 Å². The lowest BCUT2D eigenvalue weighted by Crippen LogP contribution is -2.47. The molecule has 7 heteroatoms. The molecule has 146 valence electrons. The van der Waals surface area contributed by atoms with Gasteiger partial charge in [-0.05, 0) is 62.1 Å². The lowest BCUT2D eigenvalue weighted by Gasteiger charge is -2.30. The van der Waals surface area contributed by atoms with Gasteiger partial charge in [-0.15, -0.1) is 0 Å². The maximum absolute atomic E-state index is 13.0. The summed E-state index contributed by atoms with van der Waals surface area (Å²) in [5.41, 5.74) is 3.80. The molecule has 1 atom stereocenters. The van der Waals surface area contributed by atoms with E-state index in [0.29, 0.717) is 22.8 Å². The Labute approximate surface area is 166 Å². The Balaban J connectivity index is 2.44. The molecule has 0 aromatic heterocycles. The first-order valence-electron chi connectivity index (χ1n) is 8.68. The summed E-state index contributed by atoms with van der Waals surface area (Å²) in [6.07, 6.45) is 1.41. The predicted molar refractivity (Wildman–Crippen MR) is 112 cm³/mol. The highest BCUT2D eigenvalue weighted by atomic mass is 35.5. The van der Waals surface area contributed by atoms with Crippen LogP contribution in [0.4, 0.5) is 11.4 Å². The van der Waals surface area contributed by atoms with Crippen molar-refractivity contribution >= 4 is 38.9 Å². The molecule has 27 heavy (non-hydrogen) atoms. The summed E-state index contributed by atoms with van der Waals surface area (Å²) in [5.74, 6) is -0.381. The Kier molecular flexibility index (Phi) is 6.54. The number of carbonyl (C=O) groups excluding carboxylic acids is 1. The highest BCUT2D eigenvalue weighted by molar-refractivity contribution is 7.92. The number of carbonyl (C=O) groups is 1. The van der Waals surface area contributed by atoms with Gasteiger partial charge in [0.1, 0.15) is 6.04 Å². The summed E-state index contributed by atoms with van der Waals surface area (Å²) < 4.78 is 26.2. The normalized spacial score (nSPS) is 12.5. The van der Waals surface area contributed by atoms with Gasteiger partial charge in [-0.25, -0.2) is 8.42 Å². The Morgan fingerprint density at radius 2 is 1.74 bits per heavy atom. The second-order valence-electron chi connectivity index (χ2n) is 6.72. The zero-order valence-electron chi connectivity index (χ0n) is 16.2. The second kappa shape index (κ2) is 8.31. The molecule has 0 aliphatic heterocycles. The van der Waals surface area contributed by atoms with Crippen molar-refractivity contribution in [2.24, 2.45) is 0 Å². The molecule has 2 rings (SSSR count). The number of halogens is 1. The molecule has 2 aromatic carbocycles. The maximum Gasteiger partial charge on any atom is 0.248 e. The molecule has 1 N–H and O–H groups in total. The molecule has 1 amide bonds. The number of nitrogens with zero attached hydrogens (tertiary/aromatic N) is 1. The van der Waals surface area contributed by atoms with Gasteiger partial charge in [0.05, 0.1) is 11.9 Å². The van der Waals surface area contributed by atoms with E-state index in [1.807, 2.05) is 39.0 Å². The van der Waals surface area contributed by atoms with Crippen molar-refractivity contribution in [1.29, 1.82) is 0 Å². The lowest BCUT2D eigenvalue weighted by molar-refractivity contribution is -0.117. The predicted octanol–water partition coefficient (Wildman–Crippen LogP) is 4.45. The van der Waals surface area contributed by atoms with Gasteiger partial charge >= 0.3 is 0 Å². The second-order valence-corrected chi connectivity index (χ2v) is 8.99. The van der Waals surface area contributed by atoms with Crippen LogP contribution in [-0.2, 0) is 14.8 Å². The molecule has 0 fully saturated rings. The van der Waals surface area contributed by atoms with Crippen LogP contribution >= 0.6 is 11.6 Å². The fourth-order valence-corrected chi connectivity index (χ4v) is 4.24. The molecular formula is C20H25ClN2O3S. The third-order valence-electron chi connectivity index (χ3n) is 4.39. The Bertz CT molecular complexity index is 958. The van der Waals surface area contributed by atoms with Crippen molar-refractivity contribution in [3.05, 3.63) is 58.1 Å². The average molecular weight is 409 g/mol. The Morgan fingerprint density at radius 1 is 1.11 bits per heavy atom. The quantitative estimate of drug-likeness (QED) is 0.767. The summed E-state index contributed by atoms with van der Waals surface area (Å²) in [7, 11) is -3.70. The number of sulfonamides is 1. The van der Waals surface area contributed by atoms with Gasteiger partial charge in [0.25, 0.3) is 0 Å². The third-order valence-corrected chi connectivity index (χ3v) is 5.98. The Morgan fingerprint density at radius 3 is 2.30 bits per heavy atom. The summed E-state index contributed by atoms with van der Waals surface area (Å²) in [6.45, 7) is 7.44. The lowest BCUT2D eigenvalue weighted by atomic mass is 10.1. The van der Waals surface area contributed by atoms with Crippen LogP contribution in [0.5, 0.6) is 0 Å². The number of hydrogen-bond acceptors (Lipinski definition) is 3. The van der Waals surface area contributed by atoms with Crippen LogP contribution in [0.2, 0.25) is 5.02 Å². The van der Waals surface area contributed by atoms with Crippen LogP contribution in [0.3, 0.4) is 0 Å². The Hall–Kier alpha value is -2.05. The topological polar surface area (TPSA) is 66.5 Å². The van der Waals surface area contributed by atoms with Crippen LogP contribution < -0.4 is 9.62 Å². The van der Waals surface area contributed by atoms with Crippen LogP contribution in [0.25, 0.3) is 0 Å². The zero-order chi connectivity index (χ0) is 20.4. The number of hydrogen-bond donors (Lipinski definition) is 1. The zero-order valence-corrected chi connectivity index (χ0v) is 17.8. The van der Waals surface area contributed by atoms with Crippen LogP contribution in [0, 0.1) is 20.8 Å². The third kappa shape index (κ3) is 5.02. The van der Waals surface area contributed by atoms with Crippen molar-refractivity contribution in [1.82, 2.24) is 0 Å². The van der Waals surface area contributed by atoms with Crippen molar-refractivity contribution in [3.63, 3.8) is 0 Å². The van der Waals surface area contributed by atoms with Gasteiger partial charge in [-0.3, -0.25) is 9.10 Å². The number of rotatable bonds is 6. The molecule has 0 spiro atoms. The molecule has 2 aromatic rings. The van der Waals surface area contributed by atoms with E-state index in [1.54, 1.807) is 25.1 Å². The number of aryl methyl sites for hydroxylation is 3. The highest BCUT2D eigenvalue weighted by Crippen LogP contribution is 2.28. The summed E-state index contributed by atoms with van der Waals surface area (Å²) in [4.78, 5) is 13.0. The molecule has 0 aliphatic carbocycles. The first-order chi connectivity index (χ1) is 12.5. The molecule has 0 bridgehead atoms. The maximum atomic E-state index is 13.0. The van der Waals surface area contributed by atoms with Gasteiger partial charge in [0.2, 0.25) is 15.9 Å². The molecule has 0 aliphatic rings. The van der Waals surface area contributed by atoms with Gasteiger partial charge in [0, 0.05) is 10.7 Å². The number of anilines is 2. The van der Waals surface area contributed by atoms with Crippen LogP contribution in [-0.4, -0.2) is 26.6 Å². The average Bonchev–Trinajstić information content (AvgIpc) is 2.57. The largest absolute Gasteiger partial charge is 0.324 e. The first kappa shape index (κ1) is 21.3.